The van der Waals surface area contributed by atoms with E-state index in [-0.39, 0.29) is 0 Å². The summed E-state index contributed by atoms with van der Waals surface area (Å²) in [5.41, 5.74) is 4.47. The zero-order valence-electron chi connectivity index (χ0n) is 10.2. The maximum atomic E-state index is 6.08. The fourth-order valence-electron chi connectivity index (χ4n) is 3.60. The Hall–Kier alpha value is -1.27. The van der Waals surface area contributed by atoms with Gasteiger partial charge in [0.1, 0.15) is 0 Å². The second-order valence-electron chi connectivity index (χ2n) is 5.51. The number of hydrogen-bond acceptors (Lipinski definition) is 0. The second-order valence-corrected chi connectivity index (χ2v) is 5.82. The molecule has 2 unspecified atom stereocenters. The summed E-state index contributed by atoms with van der Waals surface area (Å²) in [4.78, 5) is 0. The Morgan fingerprint density at radius 3 is 3.00 bits per heavy atom. The highest BCUT2D eigenvalue weighted by Crippen LogP contribution is 2.44. The molecular weight excluding hydrogens is 240 g/mol. The van der Waals surface area contributed by atoms with Gasteiger partial charge in [0, 0.05) is 11.8 Å². The Kier molecular flexibility index (Phi) is 2.28. The number of benzene rings is 2. The van der Waals surface area contributed by atoms with Crippen LogP contribution in [0.2, 0.25) is 0 Å². The minimum atomic E-state index is 0.580. The molecule has 2 aliphatic rings. The minimum absolute atomic E-state index is 0.580. The van der Waals surface area contributed by atoms with E-state index in [2.05, 4.69) is 42.5 Å². The molecule has 0 amide bonds. The number of halogens is 1. The van der Waals surface area contributed by atoms with Crippen LogP contribution in [0.1, 0.15) is 29.0 Å². The van der Waals surface area contributed by atoms with Crippen LogP contribution in [0.25, 0.3) is 16.8 Å². The molecule has 2 aromatic carbocycles. The Labute approximate surface area is 112 Å². The van der Waals surface area contributed by atoms with Crippen LogP contribution in [-0.2, 0) is 6.42 Å². The number of alkyl halides is 1. The molecule has 0 radical (unpaired) electrons. The lowest BCUT2D eigenvalue weighted by Crippen LogP contribution is -2.20. The van der Waals surface area contributed by atoms with Crippen LogP contribution in [0.15, 0.2) is 36.4 Å². The first-order valence-corrected chi connectivity index (χ1v) is 7.19. The molecule has 0 aromatic heterocycles. The van der Waals surface area contributed by atoms with Crippen molar-refractivity contribution in [2.75, 3.05) is 5.88 Å². The fourth-order valence-corrected chi connectivity index (χ4v) is 3.84. The Bertz CT molecular complexity index is 654. The van der Waals surface area contributed by atoms with Gasteiger partial charge >= 0.3 is 0 Å². The molecule has 0 N–H and O–H groups in total. The molecule has 18 heavy (non-hydrogen) atoms. The van der Waals surface area contributed by atoms with Crippen molar-refractivity contribution in [3.63, 3.8) is 0 Å². The van der Waals surface area contributed by atoms with Gasteiger partial charge in [-0.25, -0.2) is 0 Å². The standard InChI is InChI=1S/C17H15Cl/c18-10-11-8-14-6-4-12-2-1-3-13-5-7-15(9-11)17(14)16(12)13/h1-7,11,14H,8-10H2. The zero-order chi connectivity index (χ0) is 12.1. The van der Waals surface area contributed by atoms with Crippen molar-refractivity contribution in [3.05, 3.63) is 53.1 Å². The maximum Gasteiger partial charge on any atom is 0.0255 e. The van der Waals surface area contributed by atoms with Crippen molar-refractivity contribution in [2.24, 2.45) is 5.92 Å². The molecular formula is C17H15Cl. The molecule has 0 heterocycles. The van der Waals surface area contributed by atoms with E-state index in [0.29, 0.717) is 11.8 Å². The first kappa shape index (κ1) is 10.6. The number of allylic oxidation sites excluding steroid dienone is 1. The maximum absolute atomic E-state index is 6.08. The van der Waals surface area contributed by atoms with Gasteiger partial charge in [-0.05, 0) is 46.2 Å². The van der Waals surface area contributed by atoms with E-state index in [1.54, 1.807) is 5.56 Å². The molecule has 0 aliphatic heterocycles. The van der Waals surface area contributed by atoms with E-state index in [9.17, 15) is 0 Å². The van der Waals surface area contributed by atoms with Crippen LogP contribution in [0.5, 0.6) is 0 Å². The Morgan fingerprint density at radius 2 is 2.11 bits per heavy atom. The molecule has 1 heteroatoms. The number of hydrogen-bond donors (Lipinski definition) is 0. The zero-order valence-corrected chi connectivity index (χ0v) is 11.0. The van der Waals surface area contributed by atoms with E-state index in [1.165, 1.54) is 28.3 Å². The van der Waals surface area contributed by atoms with Crippen molar-refractivity contribution in [3.8, 4) is 0 Å². The molecule has 0 spiro atoms. The normalized spacial score (nSPS) is 24.5. The topological polar surface area (TPSA) is 0 Å². The predicted octanol–water partition coefficient (Wildman–Crippen LogP) is 4.75. The van der Waals surface area contributed by atoms with Crippen molar-refractivity contribution < 1.29 is 0 Å². The lowest BCUT2D eigenvalue weighted by atomic mass is 9.73. The van der Waals surface area contributed by atoms with E-state index in [4.69, 9.17) is 11.6 Å². The van der Waals surface area contributed by atoms with E-state index >= 15 is 0 Å². The molecule has 4 rings (SSSR count). The molecule has 2 aromatic rings. The number of rotatable bonds is 1. The SMILES string of the molecule is ClCC1Cc2ccc3cccc4c3c2C(C=C4)C1. The average molecular weight is 255 g/mol. The lowest BCUT2D eigenvalue weighted by Gasteiger charge is -2.32. The first-order valence-electron chi connectivity index (χ1n) is 6.65. The molecule has 0 saturated heterocycles. The van der Waals surface area contributed by atoms with Crippen LogP contribution >= 0.6 is 11.6 Å². The highest BCUT2D eigenvalue weighted by Gasteiger charge is 2.28. The van der Waals surface area contributed by atoms with Crippen molar-refractivity contribution in [1.82, 2.24) is 0 Å². The summed E-state index contributed by atoms with van der Waals surface area (Å²) in [5, 5.41) is 2.86. The smallest absolute Gasteiger partial charge is 0.0255 e. The van der Waals surface area contributed by atoms with Gasteiger partial charge in [0.25, 0.3) is 0 Å². The third-order valence-electron chi connectivity index (χ3n) is 4.40. The summed E-state index contributed by atoms with van der Waals surface area (Å²) >= 11 is 6.08. The minimum Gasteiger partial charge on any atom is -0.126 e. The van der Waals surface area contributed by atoms with Crippen LogP contribution in [0.3, 0.4) is 0 Å². The van der Waals surface area contributed by atoms with Gasteiger partial charge in [-0.2, -0.15) is 0 Å². The van der Waals surface area contributed by atoms with Crippen molar-refractivity contribution in [2.45, 2.75) is 18.8 Å². The molecule has 0 fully saturated rings. The lowest BCUT2D eigenvalue weighted by molar-refractivity contribution is 0.478. The van der Waals surface area contributed by atoms with E-state index in [0.717, 1.165) is 12.3 Å². The summed E-state index contributed by atoms with van der Waals surface area (Å²) in [6.07, 6.45) is 7.02. The quantitative estimate of drug-likeness (QED) is 0.644. The summed E-state index contributed by atoms with van der Waals surface area (Å²) in [6.45, 7) is 0. The fraction of sp³-hybridized carbons (Fsp3) is 0.294. The van der Waals surface area contributed by atoms with Crippen LogP contribution in [0, 0.1) is 5.92 Å². The average Bonchev–Trinajstić information content (AvgIpc) is 2.44. The summed E-state index contributed by atoms with van der Waals surface area (Å²) in [6, 6.07) is 11.2. The molecule has 2 aliphatic carbocycles. The first-order chi connectivity index (χ1) is 8.86. The molecule has 0 bridgehead atoms. The third-order valence-corrected chi connectivity index (χ3v) is 4.84. The Morgan fingerprint density at radius 1 is 1.17 bits per heavy atom. The molecule has 90 valence electrons. The largest absolute Gasteiger partial charge is 0.126 e. The van der Waals surface area contributed by atoms with Crippen LogP contribution < -0.4 is 0 Å². The summed E-state index contributed by atoms with van der Waals surface area (Å²) < 4.78 is 0. The Balaban J connectivity index is 2.04. The monoisotopic (exact) mass is 254 g/mol. The summed E-state index contributed by atoms with van der Waals surface area (Å²) in [5.74, 6) is 2.00. The van der Waals surface area contributed by atoms with Gasteiger partial charge in [-0.15, -0.1) is 11.6 Å². The van der Waals surface area contributed by atoms with E-state index < -0.39 is 0 Å². The van der Waals surface area contributed by atoms with Gasteiger partial charge in [-0.3, -0.25) is 0 Å². The molecule has 0 nitrogen and oxygen atoms in total. The van der Waals surface area contributed by atoms with Crippen molar-refractivity contribution in [1.29, 1.82) is 0 Å². The van der Waals surface area contributed by atoms with E-state index in [1.807, 2.05) is 0 Å². The highest BCUT2D eigenvalue weighted by atomic mass is 35.5. The third kappa shape index (κ3) is 1.39. The van der Waals surface area contributed by atoms with Gasteiger partial charge in [0.2, 0.25) is 0 Å². The van der Waals surface area contributed by atoms with Crippen LogP contribution in [0.4, 0.5) is 0 Å². The predicted molar refractivity (Wildman–Crippen MR) is 78.3 cm³/mol. The van der Waals surface area contributed by atoms with Gasteiger partial charge in [0.05, 0.1) is 0 Å². The molecule has 0 saturated carbocycles. The van der Waals surface area contributed by atoms with Crippen molar-refractivity contribution >= 4 is 28.4 Å². The van der Waals surface area contributed by atoms with Crippen LogP contribution in [-0.4, -0.2) is 5.88 Å². The molecule has 2 atom stereocenters. The second kappa shape index (κ2) is 3.86. The van der Waals surface area contributed by atoms with Gasteiger partial charge in [0.15, 0.2) is 0 Å². The highest BCUT2D eigenvalue weighted by molar-refractivity contribution is 6.18. The van der Waals surface area contributed by atoms with Gasteiger partial charge < -0.3 is 0 Å². The summed E-state index contributed by atoms with van der Waals surface area (Å²) in [7, 11) is 0. The van der Waals surface area contributed by atoms with Gasteiger partial charge in [-0.1, -0.05) is 42.5 Å².